The van der Waals surface area contributed by atoms with Crippen LogP contribution in [0.2, 0.25) is 0 Å². The molecule has 1 aliphatic rings. The lowest BCUT2D eigenvalue weighted by molar-refractivity contribution is 0.525. The normalized spacial score (nSPS) is 14.4. The quantitative estimate of drug-likeness (QED) is 0.916. The Balaban J connectivity index is 1.80. The van der Waals surface area contributed by atoms with Gasteiger partial charge in [0.05, 0.1) is 23.6 Å². The second-order valence-electron chi connectivity index (χ2n) is 5.25. The molecule has 2 aromatic rings. The average molecular weight is 256 g/mol. The predicted octanol–water partition coefficient (Wildman–Crippen LogP) is 2.90. The first-order valence-corrected chi connectivity index (χ1v) is 6.86. The highest BCUT2D eigenvalue weighted by Gasteiger charge is 2.16. The van der Waals surface area contributed by atoms with Crippen LogP contribution in [0.5, 0.6) is 0 Å². The van der Waals surface area contributed by atoms with Gasteiger partial charge >= 0.3 is 0 Å². The van der Waals surface area contributed by atoms with Gasteiger partial charge in [0.1, 0.15) is 0 Å². The molecule has 0 bridgehead atoms. The zero-order valence-electron chi connectivity index (χ0n) is 11.5. The number of benzene rings is 1. The Hall–Kier alpha value is -1.97. The van der Waals surface area contributed by atoms with Crippen LogP contribution in [-0.4, -0.2) is 22.9 Å². The molecule has 0 saturated heterocycles. The van der Waals surface area contributed by atoms with Crippen molar-refractivity contribution in [1.29, 1.82) is 0 Å². The monoisotopic (exact) mass is 256 g/mol. The third-order valence-electron chi connectivity index (χ3n) is 3.49. The lowest BCUT2D eigenvalue weighted by Crippen LogP contribution is -2.33. The second-order valence-corrected chi connectivity index (χ2v) is 5.25. The number of nitrogens with one attached hydrogen (secondary N) is 1. The summed E-state index contributed by atoms with van der Waals surface area (Å²) in [6.45, 7) is 7.18. The van der Waals surface area contributed by atoms with Crippen LogP contribution in [0.15, 0.2) is 36.5 Å². The summed E-state index contributed by atoms with van der Waals surface area (Å²) in [6.07, 6.45) is 2.06. The van der Waals surface area contributed by atoms with Crippen molar-refractivity contribution in [1.82, 2.24) is 9.78 Å². The van der Waals surface area contributed by atoms with Gasteiger partial charge in [0.25, 0.3) is 0 Å². The van der Waals surface area contributed by atoms with E-state index in [1.807, 2.05) is 4.68 Å². The molecule has 3 rings (SSSR count). The summed E-state index contributed by atoms with van der Waals surface area (Å²) in [7, 11) is 0. The minimum atomic E-state index is 0.420. The van der Waals surface area contributed by atoms with Crippen LogP contribution in [0.25, 0.3) is 0 Å². The Labute approximate surface area is 114 Å². The first-order valence-electron chi connectivity index (χ1n) is 6.86. The maximum atomic E-state index is 4.63. The fraction of sp³-hybridized carbons (Fsp3) is 0.400. The number of para-hydroxylation sites is 2. The van der Waals surface area contributed by atoms with Crippen LogP contribution in [0, 0.1) is 0 Å². The van der Waals surface area contributed by atoms with Gasteiger partial charge in [-0.25, -0.2) is 0 Å². The molecule has 100 valence electrons. The number of hydrogen-bond donors (Lipinski definition) is 1. The van der Waals surface area contributed by atoms with Gasteiger partial charge in [-0.3, -0.25) is 4.68 Å². The number of fused-ring (bicyclic) bond motifs is 1. The van der Waals surface area contributed by atoms with Crippen molar-refractivity contribution in [3.05, 3.63) is 42.2 Å². The van der Waals surface area contributed by atoms with Gasteiger partial charge in [-0.2, -0.15) is 5.10 Å². The molecule has 0 radical (unpaired) electrons. The molecule has 2 heterocycles. The second kappa shape index (κ2) is 4.96. The zero-order chi connectivity index (χ0) is 13.2. The average Bonchev–Trinajstić information content (AvgIpc) is 2.88. The van der Waals surface area contributed by atoms with Gasteiger partial charge in [-0.05, 0) is 32.0 Å². The van der Waals surface area contributed by atoms with Crippen molar-refractivity contribution in [2.45, 2.75) is 26.4 Å². The van der Waals surface area contributed by atoms with E-state index in [0.29, 0.717) is 6.04 Å². The van der Waals surface area contributed by atoms with E-state index in [2.05, 4.69) is 65.7 Å². The van der Waals surface area contributed by atoms with Gasteiger partial charge in [0.2, 0.25) is 0 Å². The molecule has 4 heteroatoms. The Kier molecular flexibility index (Phi) is 3.15. The van der Waals surface area contributed by atoms with Crippen LogP contribution < -0.4 is 10.2 Å². The van der Waals surface area contributed by atoms with Gasteiger partial charge in [0.15, 0.2) is 0 Å². The molecule has 0 aliphatic carbocycles. The van der Waals surface area contributed by atoms with E-state index in [1.54, 1.807) is 0 Å². The number of rotatable bonds is 3. The van der Waals surface area contributed by atoms with Gasteiger partial charge < -0.3 is 10.2 Å². The van der Waals surface area contributed by atoms with E-state index in [9.17, 15) is 0 Å². The Morgan fingerprint density at radius 1 is 1.26 bits per heavy atom. The van der Waals surface area contributed by atoms with Crippen LogP contribution in [0.4, 0.5) is 11.4 Å². The van der Waals surface area contributed by atoms with E-state index >= 15 is 0 Å². The third-order valence-corrected chi connectivity index (χ3v) is 3.49. The standard InChI is InChI=1S/C15H20N4/c1-12(2)19-9-7-13(17-19)11-18-10-8-16-14-5-3-4-6-15(14)18/h3-7,9,12,16H,8,10-11H2,1-2H3. The molecule has 1 aliphatic heterocycles. The van der Waals surface area contributed by atoms with Gasteiger partial charge in [-0.1, -0.05) is 12.1 Å². The fourth-order valence-corrected chi connectivity index (χ4v) is 2.45. The topological polar surface area (TPSA) is 33.1 Å². The first-order chi connectivity index (χ1) is 9.24. The van der Waals surface area contributed by atoms with Gasteiger partial charge in [-0.15, -0.1) is 0 Å². The van der Waals surface area contributed by atoms with Gasteiger partial charge in [0, 0.05) is 25.3 Å². The third kappa shape index (κ3) is 2.43. The van der Waals surface area contributed by atoms with E-state index in [1.165, 1.54) is 11.4 Å². The predicted molar refractivity (Wildman–Crippen MR) is 78.6 cm³/mol. The van der Waals surface area contributed by atoms with E-state index in [-0.39, 0.29) is 0 Å². The molecular weight excluding hydrogens is 236 g/mol. The summed E-state index contributed by atoms with van der Waals surface area (Å²) >= 11 is 0. The fourth-order valence-electron chi connectivity index (χ4n) is 2.45. The Morgan fingerprint density at radius 3 is 2.89 bits per heavy atom. The maximum Gasteiger partial charge on any atom is 0.0817 e. The lowest BCUT2D eigenvalue weighted by atomic mass is 10.2. The van der Waals surface area contributed by atoms with Crippen LogP contribution in [-0.2, 0) is 6.54 Å². The summed E-state index contributed by atoms with van der Waals surface area (Å²) in [5.41, 5.74) is 3.62. The minimum absolute atomic E-state index is 0.420. The zero-order valence-corrected chi connectivity index (χ0v) is 11.5. The highest BCUT2D eigenvalue weighted by atomic mass is 15.3. The smallest absolute Gasteiger partial charge is 0.0817 e. The Morgan fingerprint density at radius 2 is 2.11 bits per heavy atom. The van der Waals surface area contributed by atoms with Crippen molar-refractivity contribution in [3.63, 3.8) is 0 Å². The molecule has 19 heavy (non-hydrogen) atoms. The van der Waals surface area contributed by atoms with E-state index in [4.69, 9.17) is 0 Å². The molecule has 0 spiro atoms. The van der Waals surface area contributed by atoms with Crippen molar-refractivity contribution < 1.29 is 0 Å². The molecule has 0 amide bonds. The van der Waals surface area contributed by atoms with E-state index < -0.39 is 0 Å². The summed E-state index contributed by atoms with van der Waals surface area (Å²) in [5.74, 6) is 0. The number of aromatic nitrogens is 2. The molecular formula is C15H20N4. The van der Waals surface area contributed by atoms with Crippen molar-refractivity contribution in [3.8, 4) is 0 Å². The molecule has 4 nitrogen and oxygen atoms in total. The highest BCUT2D eigenvalue weighted by molar-refractivity contribution is 5.71. The van der Waals surface area contributed by atoms with E-state index in [0.717, 1.165) is 25.3 Å². The molecule has 1 aromatic carbocycles. The summed E-state index contributed by atoms with van der Waals surface area (Å²) in [4.78, 5) is 2.39. The molecule has 1 aromatic heterocycles. The lowest BCUT2D eigenvalue weighted by Gasteiger charge is -2.31. The number of nitrogens with zero attached hydrogens (tertiary/aromatic N) is 3. The SMILES string of the molecule is CC(C)n1ccc(CN2CCNc3ccccc32)n1. The van der Waals surface area contributed by atoms with Crippen molar-refractivity contribution in [2.24, 2.45) is 0 Å². The molecule has 0 unspecified atom stereocenters. The maximum absolute atomic E-state index is 4.63. The van der Waals surface area contributed by atoms with Crippen LogP contribution in [0.1, 0.15) is 25.6 Å². The number of anilines is 2. The minimum Gasteiger partial charge on any atom is -0.382 e. The largest absolute Gasteiger partial charge is 0.382 e. The highest BCUT2D eigenvalue weighted by Crippen LogP contribution is 2.29. The summed E-state index contributed by atoms with van der Waals surface area (Å²) in [5, 5.41) is 8.07. The molecule has 0 atom stereocenters. The van der Waals surface area contributed by atoms with Crippen LogP contribution >= 0.6 is 0 Å². The van der Waals surface area contributed by atoms with Crippen LogP contribution in [0.3, 0.4) is 0 Å². The molecule has 1 N–H and O–H groups in total. The summed E-state index contributed by atoms with van der Waals surface area (Å²) in [6, 6.07) is 11.0. The number of hydrogen-bond acceptors (Lipinski definition) is 3. The molecule has 0 fully saturated rings. The summed E-state index contributed by atoms with van der Waals surface area (Å²) < 4.78 is 2.02. The first kappa shape index (κ1) is 12.1. The van der Waals surface area contributed by atoms with Crippen molar-refractivity contribution >= 4 is 11.4 Å². The van der Waals surface area contributed by atoms with Crippen molar-refractivity contribution in [2.75, 3.05) is 23.3 Å². The molecule has 0 saturated carbocycles. The Bertz CT molecular complexity index is 559.